The topological polar surface area (TPSA) is 113 Å². The Morgan fingerprint density at radius 2 is 0.457 bits per heavy atom. The monoisotopic (exact) mass is 1100 g/mol. The van der Waals surface area contributed by atoms with Gasteiger partial charge >= 0.3 is 71.3 Å². The lowest BCUT2D eigenvalue weighted by Gasteiger charge is -2.45. The van der Waals surface area contributed by atoms with Gasteiger partial charge in [-0.05, 0) is 0 Å². The van der Waals surface area contributed by atoms with Crippen molar-refractivity contribution >= 4 is 0 Å². The second kappa shape index (κ2) is 27.4. The van der Waals surface area contributed by atoms with Gasteiger partial charge in [0, 0.05) is 13.5 Å². The van der Waals surface area contributed by atoms with Gasteiger partial charge in [0.1, 0.15) is 0 Å². The number of ether oxygens (including phenoxy) is 10. The van der Waals surface area contributed by atoms with Crippen molar-refractivity contribution in [1.82, 2.24) is 0 Å². The third-order valence-corrected chi connectivity index (χ3v) is 8.57. The predicted octanol–water partition coefficient (Wildman–Crippen LogP) is 8.08. The Morgan fingerprint density at radius 1 is 0.271 bits per heavy atom. The molecule has 0 fully saturated rings. The van der Waals surface area contributed by atoms with Crippen LogP contribution in [0.1, 0.15) is 6.42 Å². The number of hydrogen-bond donors (Lipinski definition) is 1. The van der Waals surface area contributed by atoms with E-state index in [0.717, 1.165) is 0 Å². The SMILES string of the molecule is COCCOCCOCCOCCOCCOCCOCCOCCOCCOCC(O)CC(F)(F)C(F)(F)C(F)(F)C(F)(F)C(F)(F)C(F)(F)C(F)(F)C(F)(F)C(F)(F)C(F)(F)C(F)(F)C(F)(F)F. The molecule has 0 aromatic carbocycles. The van der Waals surface area contributed by atoms with Gasteiger partial charge in [-0.1, -0.05) is 0 Å². The third kappa shape index (κ3) is 15.9. The zero-order valence-electron chi connectivity index (χ0n) is 35.7. The molecular formula is C34H45F25O11. The van der Waals surface area contributed by atoms with E-state index in [2.05, 4.69) is 4.74 Å². The highest BCUT2D eigenvalue weighted by Crippen LogP contribution is 2.68. The second-order valence-electron chi connectivity index (χ2n) is 13.8. The number of aliphatic hydroxyl groups is 1. The van der Waals surface area contributed by atoms with E-state index in [4.69, 9.17) is 42.6 Å². The van der Waals surface area contributed by atoms with Gasteiger partial charge in [0.2, 0.25) is 0 Å². The molecule has 1 unspecified atom stereocenters. The zero-order valence-corrected chi connectivity index (χ0v) is 35.7. The van der Waals surface area contributed by atoms with E-state index in [1.165, 1.54) is 0 Å². The van der Waals surface area contributed by atoms with Crippen molar-refractivity contribution in [2.24, 2.45) is 0 Å². The molecule has 1 N–H and O–H groups in total. The molecule has 0 rings (SSSR count). The molecular weight excluding hydrogens is 1060 g/mol. The number of aliphatic hydroxyl groups excluding tert-OH is 1. The fourth-order valence-corrected chi connectivity index (χ4v) is 4.59. The number of alkyl halides is 25. The van der Waals surface area contributed by atoms with Gasteiger partial charge in [0.15, 0.2) is 0 Å². The van der Waals surface area contributed by atoms with Gasteiger partial charge in [-0.25, -0.2) is 0 Å². The Hall–Kier alpha value is -2.19. The van der Waals surface area contributed by atoms with E-state index in [9.17, 15) is 115 Å². The summed E-state index contributed by atoms with van der Waals surface area (Å²) in [5, 5.41) is 9.47. The third-order valence-electron chi connectivity index (χ3n) is 8.57. The summed E-state index contributed by atoms with van der Waals surface area (Å²) >= 11 is 0. The lowest BCUT2D eigenvalue weighted by atomic mass is 9.84. The molecule has 0 aromatic rings. The van der Waals surface area contributed by atoms with Crippen LogP contribution in [-0.4, -0.2) is 215 Å². The summed E-state index contributed by atoms with van der Waals surface area (Å²) in [5.74, 6) is -99.5. The average molecular weight is 1100 g/mol. The van der Waals surface area contributed by atoms with Crippen LogP contribution in [-0.2, 0) is 47.4 Å². The highest BCUT2D eigenvalue weighted by molar-refractivity contribution is 5.19. The molecule has 0 aliphatic carbocycles. The predicted molar refractivity (Wildman–Crippen MR) is 180 cm³/mol. The Labute approximate surface area is 379 Å². The number of halogens is 25. The van der Waals surface area contributed by atoms with Gasteiger partial charge < -0.3 is 52.5 Å². The maximum Gasteiger partial charge on any atom is 0.460 e. The summed E-state index contributed by atoms with van der Waals surface area (Å²) in [6.07, 6.45) is -14.8. The van der Waals surface area contributed by atoms with Crippen molar-refractivity contribution in [3.05, 3.63) is 0 Å². The molecule has 0 bridgehead atoms. The molecule has 70 heavy (non-hydrogen) atoms. The van der Waals surface area contributed by atoms with Crippen LogP contribution < -0.4 is 0 Å². The summed E-state index contributed by atoms with van der Waals surface area (Å²) in [6.45, 7) is 0.638. The molecule has 11 nitrogen and oxygen atoms in total. The molecule has 0 saturated heterocycles. The van der Waals surface area contributed by atoms with Crippen molar-refractivity contribution in [3.8, 4) is 0 Å². The van der Waals surface area contributed by atoms with E-state index in [0.29, 0.717) is 52.9 Å². The maximum atomic E-state index is 14.2. The van der Waals surface area contributed by atoms with E-state index in [-0.39, 0.29) is 52.9 Å². The maximum absolute atomic E-state index is 14.2. The van der Waals surface area contributed by atoms with Gasteiger partial charge in [0.25, 0.3) is 0 Å². The average Bonchev–Trinajstić information content (AvgIpc) is 3.23. The molecule has 0 saturated carbocycles. The Kier molecular flexibility index (Phi) is 26.5. The van der Waals surface area contributed by atoms with Crippen LogP contribution in [0.4, 0.5) is 110 Å². The fourth-order valence-electron chi connectivity index (χ4n) is 4.59. The molecule has 0 aliphatic rings. The van der Waals surface area contributed by atoms with Crippen molar-refractivity contribution in [1.29, 1.82) is 0 Å². The molecule has 1 atom stereocenters. The van der Waals surface area contributed by atoms with Gasteiger partial charge in [-0.3, -0.25) is 0 Å². The molecule has 36 heteroatoms. The fraction of sp³-hybridized carbons (Fsp3) is 1.00. The molecule has 0 radical (unpaired) electrons. The van der Waals surface area contributed by atoms with E-state index in [1.807, 2.05) is 0 Å². The first-order valence-corrected chi connectivity index (χ1v) is 19.3. The summed E-state index contributed by atoms with van der Waals surface area (Å²) in [7, 11) is 1.55. The van der Waals surface area contributed by atoms with Crippen molar-refractivity contribution in [2.75, 3.05) is 133 Å². The van der Waals surface area contributed by atoms with Crippen LogP contribution in [0, 0.1) is 0 Å². The Morgan fingerprint density at radius 3 is 0.671 bits per heavy atom. The summed E-state index contributed by atoms with van der Waals surface area (Å²) in [4.78, 5) is 0. The van der Waals surface area contributed by atoms with Crippen LogP contribution in [0.3, 0.4) is 0 Å². The van der Waals surface area contributed by atoms with Crippen LogP contribution in [0.15, 0.2) is 0 Å². The zero-order chi connectivity index (χ0) is 54.8. The van der Waals surface area contributed by atoms with Crippen molar-refractivity contribution in [2.45, 2.75) is 83.8 Å². The summed E-state index contributed by atoms with van der Waals surface area (Å²) in [5.41, 5.74) is 0. The highest BCUT2D eigenvalue weighted by Gasteiger charge is 2.99. The normalized spacial score (nSPS) is 15.3. The minimum Gasteiger partial charge on any atom is -0.390 e. The van der Waals surface area contributed by atoms with Crippen molar-refractivity contribution in [3.63, 3.8) is 0 Å². The molecule has 422 valence electrons. The number of rotatable bonds is 41. The lowest BCUT2D eigenvalue weighted by Crippen LogP contribution is -2.78. The van der Waals surface area contributed by atoms with Crippen LogP contribution >= 0.6 is 0 Å². The Balaban J connectivity index is 4.87. The first-order chi connectivity index (χ1) is 31.7. The quantitative estimate of drug-likeness (QED) is 0.0474. The van der Waals surface area contributed by atoms with Crippen LogP contribution in [0.25, 0.3) is 0 Å². The largest absolute Gasteiger partial charge is 0.460 e. The van der Waals surface area contributed by atoms with E-state index >= 15 is 0 Å². The van der Waals surface area contributed by atoms with E-state index < -0.39 is 104 Å². The molecule has 0 aromatic heterocycles. The Bertz CT molecular complexity index is 1460. The van der Waals surface area contributed by atoms with Gasteiger partial charge in [-0.15, -0.1) is 0 Å². The smallest absolute Gasteiger partial charge is 0.390 e. The summed E-state index contributed by atoms with van der Waals surface area (Å²) < 4.78 is 392. The molecule has 0 spiro atoms. The summed E-state index contributed by atoms with van der Waals surface area (Å²) in [6, 6.07) is 0. The highest BCUT2D eigenvalue weighted by atomic mass is 19.4. The van der Waals surface area contributed by atoms with Gasteiger partial charge in [-0.2, -0.15) is 110 Å². The minimum absolute atomic E-state index is 0.00713. The minimum atomic E-state index is -9.67. The molecule has 0 amide bonds. The standard InChI is InChI=1S/C34H45F25O11/c1-61-2-3-62-4-5-63-6-7-64-8-9-65-10-11-66-12-13-67-14-15-68-16-17-69-18-19-70-21-22(60)20-23(35,36)24(37,38)25(39,40)26(41,42)27(43,44)28(45,46)29(47,48)30(49,50)31(51,52)32(53,54)33(55,56)34(57,58)59/h22,60H,2-21H2,1H3. The van der Waals surface area contributed by atoms with Crippen LogP contribution in [0.2, 0.25) is 0 Å². The number of hydrogen-bond acceptors (Lipinski definition) is 11. The lowest BCUT2D eigenvalue weighted by molar-refractivity contribution is -0.482. The molecule has 0 heterocycles. The molecule has 0 aliphatic heterocycles. The van der Waals surface area contributed by atoms with Gasteiger partial charge in [0.05, 0.1) is 132 Å². The first-order valence-electron chi connectivity index (χ1n) is 19.3. The number of methoxy groups -OCH3 is 1. The van der Waals surface area contributed by atoms with Crippen molar-refractivity contribution < 1.29 is 162 Å². The first kappa shape index (κ1) is 67.8. The van der Waals surface area contributed by atoms with Crippen LogP contribution in [0.5, 0.6) is 0 Å². The second-order valence-corrected chi connectivity index (χ2v) is 13.8. The van der Waals surface area contributed by atoms with E-state index in [1.54, 1.807) is 7.11 Å².